The number of benzene rings is 2. The highest BCUT2D eigenvalue weighted by Crippen LogP contribution is 2.44. The fourth-order valence-corrected chi connectivity index (χ4v) is 3.11. The molecule has 1 aliphatic rings. The Morgan fingerprint density at radius 2 is 1.67 bits per heavy atom. The molecule has 0 aliphatic carbocycles. The maximum atomic E-state index is 12.6. The molecule has 1 atom stereocenters. The van der Waals surface area contributed by atoms with Crippen LogP contribution in [-0.2, 0) is 9.53 Å². The van der Waals surface area contributed by atoms with Crippen molar-refractivity contribution in [1.29, 1.82) is 0 Å². The number of carbonyl (C=O) groups excluding carboxylic acids is 1. The molecular formula is C20H19BrO3. The van der Waals surface area contributed by atoms with Gasteiger partial charge < -0.3 is 9.47 Å². The normalized spacial score (nSPS) is 19.4. The van der Waals surface area contributed by atoms with Crippen LogP contribution in [0.2, 0.25) is 0 Å². The Labute approximate surface area is 150 Å². The summed E-state index contributed by atoms with van der Waals surface area (Å²) in [7, 11) is 1.64. The Morgan fingerprint density at radius 3 is 2.25 bits per heavy atom. The van der Waals surface area contributed by atoms with Crippen LogP contribution in [0.15, 0.2) is 59.1 Å². The Kier molecular flexibility index (Phi) is 4.50. The number of esters is 1. The summed E-state index contributed by atoms with van der Waals surface area (Å²) in [6, 6.07) is 15.6. The zero-order valence-corrected chi connectivity index (χ0v) is 15.5. The first-order valence-electron chi connectivity index (χ1n) is 7.76. The quantitative estimate of drug-likeness (QED) is 0.682. The van der Waals surface area contributed by atoms with Crippen LogP contribution in [0.5, 0.6) is 5.75 Å². The largest absolute Gasteiger partial charge is 0.497 e. The molecule has 1 aliphatic heterocycles. The molecule has 1 heterocycles. The summed E-state index contributed by atoms with van der Waals surface area (Å²) in [5.74, 6) is 1.12. The summed E-state index contributed by atoms with van der Waals surface area (Å²) < 4.78 is 11.8. The van der Waals surface area contributed by atoms with Gasteiger partial charge in [-0.3, -0.25) is 4.79 Å². The molecule has 3 rings (SSSR count). The van der Waals surface area contributed by atoms with E-state index in [2.05, 4.69) is 15.9 Å². The molecule has 0 N–H and O–H groups in total. The van der Waals surface area contributed by atoms with Crippen molar-refractivity contribution >= 4 is 27.7 Å². The topological polar surface area (TPSA) is 35.5 Å². The fourth-order valence-electron chi connectivity index (χ4n) is 2.85. The number of methoxy groups -OCH3 is 1. The van der Waals surface area contributed by atoms with E-state index in [0.29, 0.717) is 5.76 Å². The van der Waals surface area contributed by atoms with Gasteiger partial charge in [-0.2, -0.15) is 0 Å². The Balaban J connectivity index is 2.04. The highest BCUT2D eigenvalue weighted by Gasteiger charge is 2.42. The van der Waals surface area contributed by atoms with E-state index in [1.807, 2.05) is 68.5 Å². The van der Waals surface area contributed by atoms with Gasteiger partial charge in [0.1, 0.15) is 11.5 Å². The number of carbonyl (C=O) groups is 1. The molecule has 0 fully saturated rings. The van der Waals surface area contributed by atoms with E-state index >= 15 is 0 Å². The van der Waals surface area contributed by atoms with Crippen molar-refractivity contribution < 1.29 is 14.3 Å². The number of hydrogen-bond acceptors (Lipinski definition) is 3. The van der Waals surface area contributed by atoms with E-state index < -0.39 is 5.41 Å². The van der Waals surface area contributed by atoms with Crippen molar-refractivity contribution in [3.05, 3.63) is 70.2 Å². The molecule has 24 heavy (non-hydrogen) atoms. The summed E-state index contributed by atoms with van der Waals surface area (Å²) in [5, 5.41) is 0. The summed E-state index contributed by atoms with van der Waals surface area (Å²) in [6.45, 7) is 3.83. The lowest BCUT2D eigenvalue weighted by Gasteiger charge is -2.35. The van der Waals surface area contributed by atoms with E-state index in [4.69, 9.17) is 9.47 Å². The van der Waals surface area contributed by atoms with Gasteiger partial charge in [0, 0.05) is 16.0 Å². The molecule has 4 heteroatoms. The van der Waals surface area contributed by atoms with Gasteiger partial charge in [0.2, 0.25) is 0 Å². The minimum atomic E-state index is -0.631. The second-order valence-corrected chi connectivity index (χ2v) is 7.32. The number of rotatable bonds is 3. The zero-order valence-electron chi connectivity index (χ0n) is 13.9. The molecule has 2 aromatic carbocycles. The van der Waals surface area contributed by atoms with Gasteiger partial charge >= 0.3 is 5.97 Å². The minimum absolute atomic E-state index is 0.0664. The highest BCUT2D eigenvalue weighted by atomic mass is 79.9. The first kappa shape index (κ1) is 16.8. The predicted molar refractivity (Wildman–Crippen MR) is 97.7 cm³/mol. The summed E-state index contributed by atoms with van der Waals surface area (Å²) in [5.41, 5.74) is 1.32. The molecule has 0 unspecified atom stereocenters. The number of allylic oxidation sites excluding steroid dienone is 1. The van der Waals surface area contributed by atoms with Crippen molar-refractivity contribution in [2.45, 2.75) is 19.8 Å². The van der Waals surface area contributed by atoms with Gasteiger partial charge in [-0.05, 0) is 49.8 Å². The standard InChI is InChI=1S/C20H19BrO3/c1-20(2)17(13-6-10-16(23-3)11-7-13)12-18(24-19(20)22)14-4-8-15(21)9-5-14/h4-12,17H,1-3H3/t17-/m1/s1. The minimum Gasteiger partial charge on any atom is -0.497 e. The first-order chi connectivity index (χ1) is 11.4. The molecule has 0 bridgehead atoms. The lowest BCUT2D eigenvalue weighted by Crippen LogP contribution is -2.35. The molecule has 0 saturated heterocycles. The molecule has 0 amide bonds. The van der Waals surface area contributed by atoms with E-state index in [-0.39, 0.29) is 11.9 Å². The average molecular weight is 387 g/mol. The fraction of sp³-hybridized carbons (Fsp3) is 0.250. The predicted octanol–water partition coefficient (Wildman–Crippen LogP) is 5.17. The second kappa shape index (κ2) is 6.44. The summed E-state index contributed by atoms with van der Waals surface area (Å²) >= 11 is 3.42. The van der Waals surface area contributed by atoms with E-state index in [1.54, 1.807) is 7.11 Å². The van der Waals surface area contributed by atoms with Crippen LogP contribution in [0, 0.1) is 5.41 Å². The van der Waals surface area contributed by atoms with Gasteiger partial charge in [-0.1, -0.05) is 40.2 Å². The first-order valence-corrected chi connectivity index (χ1v) is 8.55. The van der Waals surface area contributed by atoms with Crippen LogP contribution < -0.4 is 4.74 Å². The molecule has 0 saturated carbocycles. The average Bonchev–Trinajstić information content (AvgIpc) is 2.58. The molecule has 2 aromatic rings. The Morgan fingerprint density at radius 1 is 1.04 bits per heavy atom. The van der Waals surface area contributed by atoms with E-state index in [1.165, 1.54) is 0 Å². The van der Waals surface area contributed by atoms with Crippen molar-refractivity contribution in [1.82, 2.24) is 0 Å². The Bertz CT molecular complexity index is 774. The molecule has 124 valence electrons. The lowest BCUT2D eigenvalue weighted by atomic mass is 9.73. The summed E-state index contributed by atoms with van der Waals surface area (Å²) in [4.78, 5) is 12.6. The Hall–Kier alpha value is -2.07. The SMILES string of the molecule is COc1ccc([C@H]2C=C(c3ccc(Br)cc3)OC(=O)C2(C)C)cc1. The third kappa shape index (κ3) is 3.11. The van der Waals surface area contributed by atoms with Gasteiger partial charge in [-0.15, -0.1) is 0 Å². The van der Waals surface area contributed by atoms with Crippen LogP contribution in [0.25, 0.3) is 5.76 Å². The van der Waals surface area contributed by atoms with Crippen molar-refractivity contribution in [2.75, 3.05) is 7.11 Å². The number of ether oxygens (including phenoxy) is 2. The maximum absolute atomic E-state index is 12.6. The molecular weight excluding hydrogens is 368 g/mol. The number of hydrogen-bond donors (Lipinski definition) is 0. The monoisotopic (exact) mass is 386 g/mol. The second-order valence-electron chi connectivity index (χ2n) is 6.40. The van der Waals surface area contributed by atoms with Crippen LogP contribution in [0.3, 0.4) is 0 Å². The van der Waals surface area contributed by atoms with Gasteiger partial charge in [0.05, 0.1) is 12.5 Å². The maximum Gasteiger partial charge on any atom is 0.317 e. The van der Waals surface area contributed by atoms with E-state index in [0.717, 1.165) is 21.3 Å². The van der Waals surface area contributed by atoms with Crippen LogP contribution >= 0.6 is 15.9 Å². The van der Waals surface area contributed by atoms with Crippen molar-refractivity contribution in [2.24, 2.45) is 5.41 Å². The van der Waals surface area contributed by atoms with Gasteiger partial charge in [-0.25, -0.2) is 0 Å². The highest BCUT2D eigenvalue weighted by molar-refractivity contribution is 9.10. The zero-order chi connectivity index (χ0) is 17.3. The third-order valence-corrected chi connectivity index (χ3v) is 4.96. The van der Waals surface area contributed by atoms with Crippen LogP contribution in [0.4, 0.5) is 0 Å². The van der Waals surface area contributed by atoms with Crippen molar-refractivity contribution in [3.63, 3.8) is 0 Å². The van der Waals surface area contributed by atoms with Gasteiger partial charge in [0.25, 0.3) is 0 Å². The number of cyclic esters (lactones) is 1. The molecule has 0 aromatic heterocycles. The smallest absolute Gasteiger partial charge is 0.317 e. The number of halogens is 1. The molecule has 0 spiro atoms. The lowest BCUT2D eigenvalue weighted by molar-refractivity contribution is -0.148. The summed E-state index contributed by atoms with van der Waals surface area (Å²) in [6.07, 6.45) is 2.03. The molecule has 3 nitrogen and oxygen atoms in total. The van der Waals surface area contributed by atoms with E-state index in [9.17, 15) is 4.79 Å². The van der Waals surface area contributed by atoms with Crippen LogP contribution in [0.1, 0.15) is 30.9 Å². The third-order valence-electron chi connectivity index (χ3n) is 4.43. The molecule has 0 radical (unpaired) electrons. The van der Waals surface area contributed by atoms with Crippen LogP contribution in [-0.4, -0.2) is 13.1 Å². The van der Waals surface area contributed by atoms with Crippen molar-refractivity contribution in [3.8, 4) is 5.75 Å². The van der Waals surface area contributed by atoms with Gasteiger partial charge in [0.15, 0.2) is 0 Å².